The number of rotatable bonds is 8. The third-order valence-corrected chi connectivity index (χ3v) is 4.14. The van der Waals surface area contributed by atoms with Gasteiger partial charge in [-0.1, -0.05) is 43.3 Å². The highest BCUT2D eigenvalue weighted by molar-refractivity contribution is 5.95. The Balaban J connectivity index is 1.99. The summed E-state index contributed by atoms with van der Waals surface area (Å²) in [6, 6.07) is 13.8. The molecule has 0 saturated heterocycles. The predicted molar refractivity (Wildman–Crippen MR) is 98.5 cm³/mol. The van der Waals surface area contributed by atoms with Crippen LogP contribution < -0.4 is 15.4 Å². The fourth-order valence-electron chi connectivity index (χ4n) is 2.60. The second-order valence-electron chi connectivity index (χ2n) is 6.07. The molecule has 0 bridgehead atoms. The van der Waals surface area contributed by atoms with E-state index in [0.717, 1.165) is 12.0 Å². The second-order valence-corrected chi connectivity index (χ2v) is 6.07. The maximum absolute atomic E-state index is 12.5. The topological polar surface area (TPSA) is 50.4 Å². The van der Waals surface area contributed by atoms with Gasteiger partial charge in [-0.2, -0.15) is 8.78 Å². The van der Waals surface area contributed by atoms with Crippen LogP contribution in [0.2, 0.25) is 0 Å². The summed E-state index contributed by atoms with van der Waals surface area (Å²) in [7, 11) is 0. The van der Waals surface area contributed by atoms with Crippen molar-refractivity contribution in [1.82, 2.24) is 5.32 Å². The number of aryl methyl sites for hydroxylation is 1. The van der Waals surface area contributed by atoms with E-state index in [0.29, 0.717) is 0 Å². The molecule has 140 valence electrons. The van der Waals surface area contributed by atoms with Gasteiger partial charge in [0.25, 0.3) is 0 Å². The molecule has 0 aliphatic heterocycles. The van der Waals surface area contributed by atoms with Crippen LogP contribution in [-0.2, 0) is 11.2 Å². The molecule has 0 heterocycles. The van der Waals surface area contributed by atoms with E-state index in [4.69, 9.17) is 0 Å². The molecule has 2 unspecified atom stereocenters. The van der Waals surface area contributed by atoms with E-state index in [2.05, 4.69) is 34.4 Å². The summed E-state index contributed by atoms with van der Waals surface area (Å²) in [5.41, 5.74) is 2.54. The first kappa shape index (κ1) is 19.8. The number of carbonyl (C=O) groups excluding carboxylic acids is 1. The monoisotopic (exact) mass is 362 g/mol. The minimum Gasteiger partial charge on any atom is -0.433 e. The quantitative estimate of drug-likeness (QED) is 0.725. The van der Waals surface area contributed by atoms with Crippen LogP contribution in [0, 0.1) is 0 Å². The molecule has 0 fully saturated rings. The number of nitrogens with one attached hydrogen (secondary N) is 2. The molecule has 26 heavy (non-hydrogen) atoms. The fraction of sp³-hybridized carbons (Fsp3) is 0.350. The molecule has 0 aromatic heterocycles. The number of ether oxygens (including phenoxy) is 1. The third-order valence-electron chi connectivity index (χ3n) is 4.14. The molecule has 0 radical (unpaired) electrons. The highest BCUT2D eigenvalue weighted by Crippen LogP contribution is 2.25. The van der Waals surface area contributed by atoms with Crippen LogP contribution in [0.3, 0.4) is 0 Å². The molecular formula is C20H24F2N2O2. The maximum atomic E-state index is 12.5. The molecule has 2 rings (SSSR count). The zero-order chi connectivity index (χ0) is 19.1. The van der Waals surface area contributed by atoms with Crippen LogP contribution in [0.25, 0.3) is 0 Å². The van der Waals surface area contributed by atoms with Gasteiger partial charge in [0.2, 0.25) is 5.91 Å². The Kier molecular flexibility index (Phi) is 7.09. The van der Waals surface area contributed by atoms with Crippen LogP contribution >= 0.6 is 0 Å². The Morgan fingerprint density at radius 1 is 1.08 bits per heavy atom. The first-order chi connectivity index (χ1) is 12.4. The van der Waals surface area contributed by atoms with E-state index < -0.39 is 12.7 Å². The van der Waals surface area contributed by atoms with Crippen molar-refractivity contribution in [2.75, 3.05) is 5.32 Å². The molecule has 4 nitrogen and oxygen atoms in total. The Hall–Kier alpha value is -2.47. The number of hydrogen-bond donors (Lipinski definition) is 2. The molecular weight excluding hydrogens is 338 g/mol. The number of para-hydroxylation sites is 2. The van der Waals surface area contributed by atoms with Crippen molar-refractivity contribution in [3.8, 4) is 5.75 Å². The highest BCUT2D eigenvalue weighted by Gasteiger charge is 2.18. The largest absolute Gasteiger partial charge is 0.433 e. The second kappa shape index (κ2) is 9.29. The van der Waals surface area contributed by atoms with Crippen molar-refractivity contribution < 1.29 is 18.3 Å². The standard InChI is InChI=1S/C20H24F2N2O2/c1-4-15-9-11-16(12-10-15)13(2)23-14(3)19(25)24-17-7-5-6-8-18(17)26-20(21)22/h5-14,20,23H,4H2,1-3H3,(H,24,25). The molecule has 0 spiro atoms. The normalized spacial score (nSPS) is 13.3. The van der Waals surface area contributed by atoms with Gasteiger partial charge in [0, 0.05) is 6.04 Å². The van der Waals surface area contributed by atoms with E-state index in [1.807, 2.05) is 19.1 Å². The van der Waals surface area contributed by atoms with E-state index >= 15 is 0 Å². The average Bonchev–Trinajstić information content (AvgIpc) is 2.62. The van der Waals surface area contributed by atoms with Crippen molar-refractivity contribution in [3.05, 3.63) is 59.7 Å². The maximum Gasteiger partial charge on any atom is 0.387 e. The molecule has 2 N–H and O–H groups in total. The smallest absolute Gasteiger partial charge is 0.387 e. The first-order valence-electron chi connectivity index (χ1n) is 8.60. The van der Waals surface area contributed by atoms with Gasteiger partial charge in [0.1, 0.15) is 5.75 Å². The van der Waals surface area contributed by atoms with Crippen LogP contribution in [0.4, 0.5) is 14.5 Å². The predicted octanol–water partition coefficient (Wildman–Crippen LogP) is 4.53. The first-order valence-corrected chi connectivity index (χ1v) is 8.60. The number of hydrogen-bond acceptors (Lipinski definition) is 3. The van der Waals surface area contributed by atoms with Gasteiger partial charge in [-0.15, -0.1) is 0 Å². The van der Waals surface area contributed by atoms with Gasteiger partial charge in [-0.3, -0.25) is 10.1 Å². The van der Waals surface area contributed by atoms with Gasteiger partial charge < -0.3 is 10.1 Å². The molecule has 0 saturated carbocycles. The number of amides is 1. The number of anilines is 1. The van der Waals surface area contributed by atoms with Gasteiger partial charge >= 0.3 is 6.61 Å². The third kappa shape index (κ3) is 5.52. The van der Waals surface area contributed by atoms with Crippen molar-refractivity contribution in [3.63, 3.8) is 0 Å². The lowest BCUT2D eigenvalue weighted by Crippen LogP contribution is -2.39. The number of alkyl halides is 2. The molecule has 6 heteroatoms. The molecule has 2 aromatic rings. The van der Waals surface area contributed by atoms with Gasteiger partial charge in [0.15, 0.2) is 0 Å². The number of halogens is 2. The molecule has 0 aliphatic carbocycles. The summed E-state index contributed by atoms with van der Waals surface area (Å²) < 4.78 is 29.4. The van der Waals surface area contributed by atoms with Gasteiger partial charge in [-0.05, 0) is 43.5 Å². The average molecular weight is 362 g/mol. The van der Waals surface area contributed by atoms with E-state index in [-0.39, 0.29) is 23.4 Å². The Morgan fingerprint density at radius 3 is 2.35 bits per heavy atom. The summed E-state index contributed by atoms with van der Waals surface area (Å²) >= 11 is 0. The summed E-state index contributed by atoms with van der Waals surface area (Å²) in [5, 5.41) is 5.84. The Labute approximate surface area is 152 Å². The molecule has 2 atom stereocenters. The SMILES string of the molecule is CCc1ccc(C(C)NC(C)C(=O)Nc2ccccc2OC(F)F)cc1. The highest BCUT2D eigenvalue weighted by atomic mass is 19.3. The lowest BCUT2D eigenvalue weighted by Gasteiger charge is -2.21. The Morgan fingerprint density at radius 2 is 1.73 bits per heavy atom. The van der Waals surface area contributed by atoms with Crippen molar-refractivity contribution in [1.29, 1.82) is 0 Å². The van der Waals surface area contributed by atoms with E-state index in [1.54, 1.807) is 19.1 Å². The summed E-state index contributed by atoms with van der Waals surface area (Å²) in [5.74, 6) is -0.390. The van der Waals surface area contributed by atoms with E-state index in [9.17, 15) is 13.6 Å². The summed E-state index contributed by atoms with van der Waals surface area (Å²) in [4.78, 5) is 12.4. The lowest BCUT2D eigenvalue weighted by atomic mass is 10.0. The Bertz CT molecular complexity index is 720. The summed E-state index contributed by atoms with van der Waals surface area (Å²) in [6.07, 6.45) is 0.973. The van der Waals surface area contributed by atoms with Crippen LogP contribution in [0.5, 0.6) is 5.75 Å². The van der Waals surface area contributed by atoms with Crippen LogP contribution in [0.15, 0.2) is 48.5 Å². The van der Waals surface area contributed by atoms with E-state index in [1.165, 1.54) is 17.7 Å². The molecule has 1 amide bonds. The van der Waals surface area contributed by atoms with Crippen molar-refractivity contribution in [2.24, 2.45) is 0 Å². The molecule has 0 aliphatic rings. The zero-order valence-corrected chi connectivity index (χ0v) is 15.1. The minimum atomic E-state index is -2.95. The van der Waals surface area contributed by atoms with Crippen molar-refractivity contribution in [2.45, 2.75) is 45.9 Å². The fourth-order valence-corrected chi connectivity index (χ4v) is 2.60. The van der Waals surface area contributed by atoms with Crippen LogP contribution in [-0.4, -0.2) is 18.6 Å². The summed E-state index contributed by atoms with van der Waals surface area (Å²) in [6.45, 7) is 2.84. The number of carbonyl (C=O) groups is 1. The van der Waals surface area contributed by atoms with Crippen LogP contribution in [0.1, 0.15) is 37.9 Å². The lowest BCUT2D eigenvalue weighted by molar-refractivity contribution is -0.118. The van der Waals surface area contributed by atoms with Gasteiger partial charge in [0.05, 0.1) is 11.7 Å². The molecule has 2 aromatic carbocycles. The zero-order valence-electron chi connectivity index (χ0n) is 15.1. The number of benzene rings is 2. The minimum absolute atomic E-state index is 0.0331. The van der Waals surface area contributed by atoms with Gasteiger partial charge in [-0.25, -0.2) is 0 Å². The van der Waals surface area contributed by atoms with Crippen molar-refractivity contribution >= 4 is 11.6 Å².